The number of benzene rings is 3. The molecule has 4 nitrogen and oxygen atoms in total. The fourth-order valence-electron chi connectivity index (χ4n) is 5.76. The standard InChI is InChI=1S/C21H11N2.C13H24O2.Ir/c1-2-10-18-14(6-1)16-8-4-9-17-15-7-3-5-13-11-12-22-21(19(13)15)23(18)20(16)17;1-5-10(6-2)12(14)9-13(15)11(7-3)8-4;/h1-9,11-12H;9-11,14H,5-8H2,1-4H3;/q-1;;/b;12-9-;. The van der Waals surface area contributed by atoms with Crippen molar-refractivity contribution >= 4 is 54.8 Å². The molecular formula is C34H35IrN2O2-. The van der Waals surface area contributed by atoms with E-state index < -0.39 is 0 Å². The van der Waals surface area contributed by atoms with Crippen LogP contribution in [0.2, 0.25) is 0 Å². The van der Waals surface area contributed by atoms with Crippen molar-refractivity contribution in [2.75, 3.05) is 0 Å². The van der Waals surface area contributed by atoms with Gasteiger partial charge in [0.15, 0.2) is 5.78 Å². The van der Waals surface area contributed by atoms with E-state index in [0.717, 1.165) is 36.8 Å². The summed E-state index contributed by atoms with van der Waals surface area (Å²) in [4.78, 5) is 16.4. The van der Waals surface area contributed by atoms with Gasteiger partial charge in [-0.2, -0.15) is 24.3 Å². The minimum absolute atomic E-state index is 0. The summed E-state index contributed by atoms with van der Waals surface area (Å²) in [6.45, 7) is 8.07. The van der Waals surface area contributed by atoms with Crippen molar-refractivity contribution in [3.8, 4) is 0 Å². The average Bonchev–Trinajstić information content (AvgIpc) is 3.29. The second kappa shape index (κ2) is 12.3. The van der Waals surface area contributed by atoms with Crippen LogP contribution in [0.5, 0.6) is 0 Å². The number of carbonyl (C=O) groups is 1. The summed E-state index contributed by atoms with van der Waals surface area (Å²) in [6, 6.07) is 24.7. The van der Waals surface area contributed by atoms with Crippen LogP contribution in [-0.2, 0) is 24.9 Å². The van der Waals surface area contributed by atoms with Crippen molar-refractivity contribution < 1.29 is 30.0 Å². The number of aliphatic hydroxyl groups is 1. The molecule has 5 heteroatoms. The van der Waals surface area contributed by atoms with E-state index in [0.29, 0.717) is 0 Å². The van der Waals surface area contributed by atoms with Gasteiger partial charge in [0.25, 0.3) is 0 Å². The molecule has 0 saturated heterocycles. The third-order valence-electron chi connectivity index (χ3n) is 7.96. The average molecular weight is 696 g/mol. The number of carbonyl (C=O) groups excluding carboxylic acids is 1. The second-order valence-electron chi connectivity index (χ2n) is 10.0. The van der Waals surface area contributed by atoms with Crippen LogP contribution in [-0.4, -0.2) is 20.3 Å². The Balaban J connectivity index is 0.000000196. The van der Waals surface area contributed by atoms with Crippen molar-refractivity contribution in [2.24, 2.45) is 11.8 Å². The second-order valence-corrected chi connectivity index (χ2v) is 10.0. The number of fused-ring (bicyclic) bond motifs is 5. The van der Waals surface area contributed by atoms with Gasteiger partial charge in [0.2, 0.25) is 0 Å². The number of nitrogens with zero attached hydrogens (tertiary/aromatic N) is 2. The number of aliphatic hydroxyl groups excluding tert-OH is 1. The smallest absolute Gasteiger partial charge is 0.162 e. The molecule has 0 aliphatic rings. The van der Waals surface area contributed by atoms with Gasteiger partial charge in [0.05, 0.1) is 5.76 Å². The van der Waals surface area contributed by atoms with E-state index in [9.17, 15) is 9.90 Å². The van der Waals surface area contributed by atoms with E-state index in [1.807, 2.05) is 40.0 Å². The molecule has 39 heavy (non-hydrogen) atoms. The van der Waals surface area contributed by atoms with Crippen molar-refractivity contribution in [3.05, 3.63) is 84.8 Å². The maximum absolute atomic E-state index is 11.7. The molecule has 3 aromatic carbocycles. The zero-order valence-corrected chi connectivity index (χ0v) is 25.4. The molecule has 0 unspecified atom stereocenters. The summed E-state index contributed by atoms with van der Waals surface area (Å²) in [6.07, 6.45) is 6.80. The Morgan fingerprint density at radius 1 is 0.872 bits per heavy atom. The third kappa shape index (κ3) is 5.06. The number of rotatable bonds is 7. The predicted octanol–water partition coefficient (Wildman–Crippen LogP) is 9.05. The zero-order chi connectivity index (χ0) is 26.8. The number of aromatic nitrogens is 2. The van der Waals surface area contributed by atoms with Gasteiger partial charge in [-0.1, -0.05) is 69.6 Å². The van der Waals surface area contributed by atoms with Gasteiger partial charge in [0, 0.05) is 60.5 Å². The molecule has 0 atom stereocenters. The molecule has 0 spiro atoms. The van der Waals surface area contributed by atoms with Crippen LogP contribution < -0.4 is 0 Å². The Hall–Kier alpha value is -3.27. The Bertz CT molecular complexity index is 1750. The van der Waals surface area contributed by atoms with Crippen LogP contribution in [0.1, 0.15) is 53.4 Å². The minimum Gasteiger partial charge on any atom is -0.512 e. The zero-order valence-electron chi connectivity index (χ0n) is 23.0. The van der Waals surface area contributed by atoms with E-state index in [2.05, 4.69) is 65.1 Å². The number of ketones is 1. The van der Waals surface area contributed by atoms with E-state index in [4.69, 9.17) is 4.98 Å². The minimum atomic E-state index is 0. The molecule has 0 saturated carbocycles. The topological polar surface area (TPSA) is 54.6 Å². The summed E-state index contributed by atoms with van der Waals surface area (Å²) in [5.74, 6) is 0.547. The van der Waals surface area contributed by atoms with Gasteiger partial charge < -0.3 is 9.51 Å². The Morgan fingerprint density at radius 2 is 1.49 bits per heavy atom. The van der Waals surface area contributed by atoms with E-state index >= 15 is 0 Å². The van der Waals surface area contributed by atoms with Crippen molar-refractivity contribution in [3.63, 3.8) is 0 Å². The number of para-hydroxylation sites is 2. The van der Waals surface area contributed by atoms with E-state index in [-0.39, 0.29) is 43.5 Å². The normalized spacial score (nSPS) is 12.1. The van der Waals surface area contributed by atoms with Gasteiger partial charge in [-0.15, -0.1) is 5.39 Å². The fraction of sp³-hybridized carbons (Fsp3) is 0.294. The molecule has 1 N–H and O–H groups in total. The monoisotopic (exact) mass is 696 g/mol. The summed E-state index contributed by atoms with van der Waals surface area (Å²) >= 11 is 0. The van der Waals surface area contributed by atoms with Gasteiger partial charge in [-0.05, 0) is 47.9 Å². The Morgan fingerprint density at radius 3 is 2.18 bits per heavy atom. The van der Waals surface area contributed by atoms with Gasteiger partial charge >= 0.3 is 0 Å². The molecule has 0 aliphatic heterocycles. The Labute approximate surface area is 243 Å². The van der Waals surface area contributed by atoms with Crippen molar-refractivity contribution in [1.82, 2.24) is 9.38 Å². The molecule has 6 aromatic rings. The fourth-order valence-corrected chi connectivity index (χ4v) is 5.76. The molecule has 3 aromatic heterocycles. The molecule has 0 fully saturated rings. The van der Waals surface area contributed by atoms with Crippen LogP contribution in [0, 0.1) is 17.9 Å². The van der Waals surface area contributed by atoms with E-state index in [1.165, 1.54) is 43.9 Å². The van der Waals surface area contributed by atoms with Gasteiger partial charge in [-0.25, -0.2) is 4.98 Å². The number of allylic oxidation sites excluding steroid dienone is 2. The van der Waals surface area contributed by atoms with Crippen LogP contribution in [0.15, 0.2) is 78.7 Å². The summed E-state index contributed by atoms with van der Waals surface area (Å²) in [7, 11) is 0. The molecular weight excluding hydrogens is 661 g/mol. The van der Waals surface area contributed by atoms with Crippen LogP contribution in [0.25, 0.3) is 49.0 Å². The van der Waals surface area contributed by atoms with Crippen LogP contribution >= 0.6 is 0 Å². The first-order valence-corrected chi connectivity index (χ1v) is 13.8. The molecule has 0 bridgehead atoms. The van der Waals surface area contributed by atoms with Crippen LogP contribution in [0.4, 0.5) is 0 Å². The first-order chi connectivity index (χ1) is 18.5. The van der Waals surface area contributed by atoms with Crippen molar-refractivity contribution in [1.29, 1.82) is 0 Å². The summed E-state index contributed by atoms with van der Waals surface area (Å²) < 4.78 is 2.27. The maximum atomic E-state index is 11.7. The molecule has 0 aliphatic carbocycles. The van der Waals surface area contributed by atoms with E-state index in [1.54, 1.807) is 0 Å². The largest absolute Gasteiger partial charge is 0.512 e. The third-order valence-corrected chi connectivity index (χ3v) is 7.96. The predicted molar refractivity (Wildman–Crippen MR) is 159 cm³/mol. The first-order valence-electron chi connectivity index (χ1n) is 13.8. The van der Waals surface area contributed by atoms with Gasteiger partial charge in [-0.3, -0.25) is 4.79 Å². The summed E-state index contributed by atoms with van der Waals surface area (Å²) in [5.41, 5.74) is 3.35. The van der Waals surface area contributed by atoms with Crippen molar-refractivity contribution in [2.45, 2.75) is 53.4 Å². The quantitative estimate of drug-likeness (QED) is 0.0597. The molecule has 203 valence electrons. The number of hydrogen-bond acceptors (Lipinski definition) is 3. The molecule has 3 heterocycles. The molecule has 6 rings (SSSR count). The SMILES string of the molecule is CCC(CC)C(=O)/C=C(\O)C(CC)CC.[Ir].[c-]1cccc2c3cccc4c5cccc6ccnc(c65)n(c12)c43. The molecule has 1 radical (unpaired) electrons. The van der Waals surface area contributed by atoms with Gasteiger partial charge in [0.1, 0.15) is 5.65 Å². The first kappa shape index (κ1) is 28.7. The summed E-state index contributed by atoms with van der Waals surface area (Å²) in [5, 5.41) is 17.3. The Kier molecular flexibility index (Phi) is 9.04. The van der Waals surface area contributed by atoms with Crippen LogP contribution in [0.3, 0.4) is 0 Å². The maximum Gasteiger partial charge on any atom is 0.162 e. The molecule has 0 amide bonds. The number of hydrogen-bond donors (Lipinski definition) is 1. The number of pyridine rings is 2.